The zero-order valence-electron chi connectivity index (χ0n) is 17.7. The smallest absolute Gasteiger partial charge is 0.247 e. The molecule has 0 spiro atoms. The summed E-state index contributed by atoms with van der Waals surface area (Å²) < 4.78 is 11.3. The number of aliphatic hydroxyl groups excluding tert-OH is 2. The first-order chi connectivity index (χ1) is 15.1. The summed E-state index contributed by atoms with van der Waals surface area (Å²) in [5.74, 6) is -0.212. The standard InChI is InChI=1S/C23H30N2O6/c1-30-12-10-25(23(29)14-5-4-6-14)17-13-16(22(28)24-9-11-26)19-15-7-2-3-8-18(15)31-21(19)20(17)27/h2-3,7-8,13-14,17,19-21,26-27H,4-6,9-12H2,1H3,(H,24,28)/t17-,19+,20+,21+/m1/s1. The number of hydrogen-bond donors (Lipinski definition) is 3. The molecule has 4 rings (SSSR count). The summed E-state index contributed by atoms with van der Waals surface area (Å²) in [6, 6.07) is 6.73. The Morgan fingerprint density at radius 3 is 2.74 bits per heavy atom. The summed E-state index contributed by atoms with van der Waals surface area (Å²) in [6.07, 6.45) is 2.74. The molecule has 168 valence electrons. The molecule has 1 fully saturated rings. The van der Waals surface area contributed by atoms with Crippen LogP contribution in [0.5, 0.6) is 5.75 Å². The van der Waals surface area contributed by atoms with Crippen LogP contribution in [0.1, 0.15) is 30.7 Å². The minimum Gasteiger partial charge on any atom is -0.486 e. The average Bonchev–Trinajstić information content (AvgIpc) is 3.12. The Labute approximate surface area is 181 Å². The normalized spacial score (nSPS) is 26.7. The first kappa shape index (κ1) is 21.8. The molecule has 0 bridgehead atoms. The van der Waals surface area contributed by atoms with Crippen LogP contribution in [0.4, 0.5) is 0 Å². The summed E-state index contributed by atoms with van der Waals surface area (Å²) >= 11 is 0. The van der Waals surface area contributed by atoms with E-state index >= 15 is 0 Å². The summed E-state index contributed by atoms with van der Waals surface area (Å²) in [5.41, 5.74) is 1.28. The second-order valence-electron chi connectivity index (χ2n) is 8.33. The summed E-state index contributed by atoms with van der Waals surface area (Å²) in [7, 11) is 1.57. The Bertz CT molecular complexity index is 852. The molecule has 1 aromatic carbocycles. The molecule has 1 saturated carbocycles. The molecule has 3 aliphatic rings. The topological polar surface area (TPSA) is 108 Å². The zero-order chi connectivity index (χ0) is 22.0. The molecule has 1 aromatic rings. The average molecular weight is 431 g/mol. The maximum atomic E-state index is 13.2. The van der Waals surface area contributed by atoms with Gasteiger partial charge in [0.05, 0.1) is 25.2 Å². The van der Waals surface area contributed by atoms with Crippen molar-refractivity contribution in [1.82, 2.24) is 10.2 Å². The molecule has 0 saturated heterocycles. The third-order valence-corrected chi connectivity index (χ3v) is 6.51. The van der Waals surface area contributed by atoms with Gasteiger partial charge in [-0.15, -0.1) is 0 Å². The summed E-state index contributed by atoms with van der Waals surface area (Å²) in [4.78, 5) is 27.8. The van der Waals surface area contributed by atoms with E-state index in [9.17, 15) is 14.7 Å². The van der Waals surface area contributed by atoms with E-state index in [1.165, 1.54) is 0 Å². The van der Waals surface area contributed by atoms with E-state index in [0.29, 0.717) is 24.5 Å². The van der Waals surface area contributed by atoms with Crippen LogP contribution in [-0.2, 0) is 14.3 Å². The lowest BCUT2D eigenvalue weighted by atomic mass is 9.77. The fourth-order valence-electron chi connectivity index (χ4n) is 4.68. The minimum absolute atomic E-state index is 0.0207. The van der Waals surface area contributed by atoms with Gasteiger partial charge in [-0.3, -0.25) is 9.59 Å². The highest BCUT2D eigenvalue weighted by Crippen LogP contribution is 2.47. The number of carbonyl (C=O) groups is 2. The second kappa shape index (κ2) is 9.38. The van der Waals surface area contributed by atoms with Crippen LogP contribution in [0, 0.1) is 5.92 Å². The number of amides is 2. The van der Waals surface area contributed by atoms with Gasteiger partial charge in [-0.1, -0.05) is 24.6 Å². The summed E-state index contributed by atoms with van der Waals surface area (Å²) in [5, 5.41) is 23.2. The van der Waals surface area contributed by atoms with Crippen molar-refractivity contribution in [3.8, 4) is 5.75 Å². The lowest BCUT2D eigenvalue weighted by molar-refractivity contribution is -0.144. The van der Waals surface area contributed by atoms with Gasteiger partial charge >= 0.3 is 0 Å². The van der Waals surface area contributed by atoms with Crippen molar-refractivity contribution in [1.29, 1.82) is 0 Å². The fourth-order valence-corrected chi connectivity index (χ4v) is 4.68. The van der Waals surface area contributed by atoms with Gasteiger partial charge in [-0.05, 0) is 25.0 Å². The number of carbonyl (C=O) groups excluding carboxylic acids is 2. The largest absolute Gasteiger partial charge is 0.486 e. The Morgan fingerprint density at radius 1 is 1.29 bits per heavy atom. The second-order valence-corrected chi connectivity index (χ2v) is 8.33. The molecule has 1 aliphatic heterocycles. The van der Waals surface area contributed by atoms with Crippen LogP contribution < -0.4 is 10.1 Å². The van der Waals surface area contributed by atoms with E-state index in [1.807, 2.05) is 24.3 Å². The van der Waals surface area contributed by atoms with Gasteiger partial charge in [0.15, 0.2) is 0 Å². The van der Waals surface area contributed by atoms with Gasteiger partial charge in [-0.25, -0.2) is 0 Å². The third-order valence-electron chi connectivity index (χ3n) is 6.51. The molecular formula is C23H30N2O6. The molecule has 2 aliphatic carbocycles. The number of nitrogens with one attached hydrogen (secondary N) is 1. The molecule has 0 radical (unpaired) electrons. The van der Waals surface area contributed by atoms with Crippen LogP contribution in [0.3, 0.4) is 0 Å². The lowest BCUT2D eigenvalue weighted by Gasteiger charge is -2.42. The Balaban J connectivity index is 1.71. The molecule has 4 atom stereocenters. The first-order valence-electron chi connectivity index (χ1n) is 10.9. The molecular weight excluding hydrogens is 400 g/mol. The number of methoxy groups -OCH3 is 1. The monoisotopic (exact) mass is 430 g/mol. The zero-order valence-corrected chi connectivity index (χ0v) is 17.7. The van der Waals surface area contributed by atoms with Crippen molar-refractivity contribution in [2.24, 2.45) is 5.92 Å². The van der Waals surface area contributed by atoms with Gasteiger partial charge in [0.25, 0.3) is 0 Å². The number of nitrogens with zero attached hydrogens (tertiary/aromatic N) is 1. The van der Waals surface area contributed by atoms with Crippen LogP contribution in [0.25, 0.3) is 0 Å². The third kappa shape index (κ3) is 4.07. The number of aliphatic hydroxyl groups is 2. The number of fused-ring (bicyclic) bond motifs is 3. The number of ether oxygens (including phenoxy) is 2. The van der Waals surface area contributed by atoms with Gasteiger partial charge < -0.3 is 29.9 Å². The predicted molar refractivity (Wildman–Crippen MR) is 113 cm³/mol. The molecule has 2 amide bonds. The van der Waals surface area contributed by atoms with Crippen LogP contribution >= 0.6 is 0 Å². The van der Waals surface area contributed by atoms with Crippen molar-refractivity contribution in [3.05, 3.63) is 41.5 Å². The number of hydrogen-bond acceptors (Lipinski definition) is 6. The molecule has 8 nitrogen and oxygen atoms in total. The molecule has 3 N–H and O–H groups in total. The molecule has 0 unspecified atom stereocenters. The van der Waals surface area contributed by atoms with Gasteiger partial charge in [0, 0.05) is 37.3 Å². The highest BCUT2D eigenvalue weighted by Gasteiger charge is 2.50. The van der Waals surface area contributed by atoms with Crippen molar-refractivity contribution in [2.75, 3.05) is 33.4 Å². The van der Waals surface area contributed by atoms with Crippen molar-refractivity contribution in [2.45, 2.75) is 43.4 Å². The number of rotatable bonds is 8. The maximum absolute atomic E-state index is 13.2. The molecule has 0 aromatic heterocycles. The fraction of sp³-hybridized carbons (Fsp3) is 0.565. The van der Waals surface area contributed by atoms with E-state index in [-0.39, 0.29) is 30.9 Å². The maximum Gasteiger partial charge on any atom is 0.247 e. The van der Waals surface area contributed by atoms with Crippen molar-refractivity contribution >= 4 is 11.8 Å². The molecule has 1 heterocycles. The molecule has 31 heavy (non-hydrogen) atoms. The van der Waals surface area contributed by atoms with Gasteiger partial charge in [0.1, 0.15) is 18.0 Å². The number of para-hydroxylation sites is 1. The van der Waals surface area contributed by atoms with E-state index in [2.05, 4.69) is 5.32 Å². The van der Waals surface area contributed by atoms with Gasteiger partial charge in [0.2, 0.25) is 11.8 Å². The highest BCUT2D eigenvalue weighted by molar-refractivity contribution is 5.96. The van der Waals surface area contributed by atoms with Crippen LogP contribution in [0.2, 0.25) is 0 Å². The first-order valence-corrected chi connectivity index (χ1v) is 10.9. The van der Waals surface area contributed by atoms with Crippen LogP contribution in [-0.4, -0.2) is 78.6 Å². The van der Waals surface area contributed by atoms with E-state index in [4.69, 9.17) is 14.6 Å². The minimum atomic E-state index is -0.993. The van der Waals surface area contributed by atoms with Gasteiger partial charge in [-0.2, -0.15) is 0 Å². The molecule has 8 heteroatoms. The quantitative estimate of drug-likeness (QED) is 0.557. The van der Waals surface area contributed by atoms with Crippen molar-refractivity contribution in [3.63, 3.8) is 0 Å². The number of benzene rings is 1. The SMILES string of the molecule is COCCN(C(=O)C1CCC1)[C@@H]1C=C(C(=O)NCCO)[C@@H]2c3ccccc3O[C@@H]2[C@H]1O. The Morgan fingerprint density at radius 2 is 2.06 bits per heavy atom. The van der Waals surface area contributed by atoms with Crippen molar-refractivity contribution < 1.29 is 29.3 Å². The Hall–Kier alpha value is -2.42. The summed E-state index contributed by atoms with van der Waals surface area (Å²) in [6.45, 7) is 0.598. The highest BCUT2D eigenvalue weighted by atomic mass is 16.5. The van der Waals surface area contributed by atoms with E-state index in [1.54, 1.807) is 18.1 Å². The lowest BCUT2D eigenvalue weighted by Crippen LogP contribution is -2.57. The predicted octanol–water partition coefficient (Wildman–Crippen LogP) is 0.584. The Kier molecular flexibility index (Phi) is 6.60. The van der Waals surface area contributed by atoms with E-state index in [0.717, 1.165) is 24.8 Å². The van der Waals surface area contributed by atoms with Crippen LogP contribution in [0.15, 0.2) is 35.9 Å². The van der Waals surface area contributed by atoms with E-state index < -0.39 is 24.2 Å².